The molecule has 14 heavy (non-hydrogen) atoms. The highest BCUT2D eigenvalue weighted by atomic mass is 16.3. The molecule has 3 nitrogen and oxygen atoms in total. The van der Waals surface area contributed by atoms with E-state index in [-0.39, 0.29) is 6.04 Å². The van der Waals surface area contributed by atoms with Crippen LogP contribution in [-0.2, 0) is 0 Å². The zero-order valence-corrected chi connectivity index (χ0v) is 8.99. The Bertz CT molecular complexity index is 266. The minimum absolute atomic E-state index is 0.169. The quantitative estimate of drug-likeness (QED) is 0.763. The third-order valence-electron chi connectivity index (χ3n) is 1.97. The van der Waals surface area contributed by atoms with E-state index in [0.717, 1.165) is 5.69 Å². The third-order valence-corrected chi connectivity index (χ3v) is 1.97. The first-order valence-electron chi connectivity index (χ1n) is 4.86. The molecule has 1 heterocycles. The molecule has 0 unspecified atom stereocenters. The predicted molar refractivity (Wildman–Crippen MR) is 57.0 cm³/mol. The van der Waals surface area contributed by atoms with E-state index in [4.69, 9.17) is 0 Å². The monoisotopic (exact) mass is 194 g/mol. The van der Waals surface area contributed by atoms with Gasteiger partial charge in [0.2, 0.25) is 0 Å². The van der Waals surface area contributed by atoms with Crippen LogP contribution >= 0.6 is 0 Å². The van der Waals surface area contributed by atoms with Crippen molar-refractivity contribution in [2.75, 3.05) is 6.54 Å². The van der Waals surface area contributed by atoms with Crippen LogP contribution in [0.25, 0.3) is 0 Å². The molecule has 3 heteroatoms. The molecule has 0 bridgehead atoms. The van der Waals surface area contributed by atoms with Crippen LogP contribution in [0.4, 0.5) is 0 Å². The first-order chi connectivity index (χ1) is 6.49. The Morgan fingerprint density at radius 3 is 2.71 bits per heavy atom. The first kappa shape index (κ1) is 11.1. The van der Waals surface area contributed by atoms with Crippen molar-refractivity contribution in [2.45, 2.75) is 32.4 Å². The summed E-state index contributed by atoms with van der Waals surface area (Å²) in [4.78, 5) is 4.24. The standard InChI is InChI=1S/C11H18N2O/c1-9(13-8-11(2,3)14)10-6-4-5-7-12-10/h4-7,9,13-14H,8H2,1-3H3/t9-/m0/s1. The SMILES string of the molecule is C[C@H](NCC(C)(C)O)c1ccccn1. The van der Waals surface area contributed by atoms with Gasteiger partial charge in [-0.05, 0) is 32.9 Å². The van der Waals surface area contributed by atoms with Crippen LogP contribution in [0.3, 0.4) is 0 Å². The molecule has 1 atom stereocenters. The lowest BCUT2D eigenvalue weighted by molar-refractivity contribution is 0.0769. The first-order valence-corrected chi connectivity index (χ1v) is 4.86. The Balaban J connectivity index is 2.48. The lowest BCUT2D eigenvalue weighted by atomic mass is 10.1. The Labute approximate surface area is 85.2 Å². The molecular weight excluding hydrogens is 176 g/mol. The fourth-order valence-electron chi connectivity index (χ4n) is 1.14. The van der Waals surface area contributed by atoms with Crippen molar-refractivity contribution in [3.05, 3.63) is 30.1 Å². The molecule has 0 aliphatic carbocycles. The number of rotatable bonds is 4. The van der Waals surface area contributed by atoms with E-state index in [1.165, 1.54) is 0 Å². The number of hydrogen-bond donors (Lipinski definition) is 2. The van der Waals surface area contributed by atoms with Crippen LogP contribution in [0.2, 0.25) is 0 Å². The summed E-state index contributed by atoms with van der Waals surface area (Å²) in [7, 11) is 0. The molecule has 1 aromatic heterocycles. The lowest BCUT2D eigenvalue weighted by Gasteiger charge is -2.21. The fraction of sp³-hybridized carbons (Fsp3) is 0.545. The van der Waals surface area contributed by atoms with Gasteiger partial charge in [-0.1, -0.05) is 6.07 Å². The Morgan fingerprint density at radius 1 is 1.50 bits per heavy atom. The molecule has 0 aliphatic heterocycles. The van der Waals surface area contributed by atoms with Gasteiger partial charge >= 0.3 is 0 Å². The maximum Gasteiger partial charge on any atom is 0.0715 e. The van der Waals surface area contributed by atoms with Gasteiger partial charge in [0.25, 0.3) is 0 Å². The number of aromatic nitrogens is 1. The zero-order valence-electron chi connectivity index (χ0n) is 8.99. The van der Waals surface area contributed by atoms with Crippen LogP contribution in [0, 0.1) is 0 Å². The number of aliphatic hydroxyl groups is 1. The predicted octanol–water partition coefficient (Wildman–Crippen LogP) is 1.50. The maximum atomic E-state index is 9.53. The molecule has 0 aliphatic rings. The van der Waals surface area contributed by atoms with E-state index in [0.29, 0.717) is 6.54 Å². The van der Waals surface area contributed by atoms with Crippen molar-refractivity contribution in [1.82, 2.24) is 10.3 Å². The topological polar surface area (TPSA) is 45.1 Å². The van der Waals surface area contributed by atoms with Crippen LogP contribution in [0.5, 0.6) is 0 Å². The van der Waals surface area contributed by atoms with Gasteiger partial charge in [0.05, 0.1) is 11.3 Å². The van der Waals surface area contributed by atoms with Crippen molar-refractivity contribution in [3.8, 4) is 0 Å². The van der Waals surface area contributed by atoms with Gasteiger partial charge in [0.15, 0.2) is 0 Å². The number of nitrogens with one attached hydrogen (secondary N) is 1. The summed E-state index contributed by atoms with van der Waals surface area (Å²) < 4.78 is 0. The summed E-state index contributed by atoms with van der Waals surface area (Å²) in [6, 6.07) is 6.00. The van der Waals surface area contributed by atoms with E-state index in [1.54, 1.807) is 20.0 Å². The molecule has 0 saturated carbocycles. The van der Waals surface area contributed by atoms with Gasteiger partial charge < -0.3 is 10.4 Å². The van der Waals surface area contributed by atoms with Crippen LogP contribution in [-0.4, -0.2) is 22.2 Å². The van der Waals surface area contributed by atoms with Crippen molar-refractivity contribution < 1.29 is 5.11 Å². The van der Waals surface area contributed by atoms with Gasteiger partial charge in [-0.15, -0.1) is 0 Å². The second-order valence-corrected chi connectivity index (χ2v) is 4.17. The molecule has 0 fully saturated rings. The smallest absolute Gasteiger partial charge is 0.0715 e. The molecule has 0 saturated heterocycles. The van der Waals surface area contributed by atoms with E-state index in [1.807, 2.05) is 25.1 Å². The summed E-state index contributed by atoms with van der Waals surface area (Å²) in [5, 5.41) is 12.8. The minimum Gasteiger partial charge on any atom is -0.389 e. The lowest BCUT2D eigenvalue weighted by Crippen LogP contribution is -2.36. The van der Waals surface area contributed by atoms with Gasteiger partial charge in [0.1, 0.15) is 0 Å². The Morgan fingerprint density at radius 2 is 2.21 bits per heavy atom. The average molecular weight is 194 g/mol. The Kier molecular flexibility index (Phi) is 3.61. The summed E-state index contributed by atoms with van der Waals surface area (Å²) in [5.41, 5.74) is 0.319. The highest BCUT2D eigenvalue weighted by Crippen LogP contribution is 2.09. The van der Waals surface area contributed by atoms with Gasteiger partial charge in [0, 0.05) is 18.8 Å². The van der Waals surface area contributed by atoms with Crippen LogP contribution in [0.1, 0.15) is 32.5 Å². The van der Waals surface area contributed by atoms with Crippen molar-refractivity contribution in [1.29, 1.82) is 0 Å². The second-order valence-electron chi connectivity index (χ2n) is 4.17. The minimum atomic E-state index is -0.678. The second kappa shape index (κ2) is 4.53. The normalized spacial score (nSPS) is 14.0. The molecule has 0 amide bonds. The average Bonchev–Trinajstić information content (AvgIpc) is 2.14. The molecule has 78 valence electrons. The highest BCUT2D eigenvalue weighted by molar-refractivity contribution is 5.07. The summed E-state index contributed by atoms with van der Waals surface area (Å²) in [6.45, 7) is 6.16. The largest absolute Gasteiger partial charge is 0.389 e. The van der Waals surface area contributed by atoms with E-state index in [9.17, 15) is 5.11 Å². The molecule has 0 radical (unpaired) electrons. The van der Waals surface area contributed by atoms with Gasteiger partial charge in [-0.3, -0.25) is 4.98 Å². The highest BCUT2D eigenvalue weighted by Gasteiger charge is 2.14. The zero-order chi connectivity index (χ0) is 10.6. The molecule has 0 spiro atoms. The van der Waals surface area contributed by atoms with Crippen molar-refractivity contribution in [3.63, 3.8) is 0 Å². The summed E-state index contributed by atoms with van der Waals surface area (Å²) >= 11 is 0. The van der Waals surface area contributed by atoms with E-state index < -0.39 is 5.60 Å². The van der Waals surface area contributed by atoms with Crippen molar-refractivity contribution in [2.24, 2.45) is 0 Å². The molecule has 1 aromatic rings. The van der Waals surface area contributed by atoms with Gasteiger partial charge in [-0.2, -0.15) is 0 Å². The number of nitrogens with zero attached hydrogens (tertiary/aromatic N) is 1. The van der Waals surface area contributed by atoms with E-state index in [2.05, 4.69) is 10.3 Å². The fourth-order valence-corrected chi connectivity index (χ4v) is 1.14. The number of pyridine rings is 1. The van der Waals surface area contributed by atoms with Gasteiger partial charge in [-0.25, -0.2) is 0 Å². The molecule has 1 rings (SSSR count). The van der Waals surface area contributed by atoms with Crippen LogP contribution < -0.4 is 5.32 Å². The third kappa shape index (κ3) is 3.85. The van der Waals surface area contributed by atoms with E-state index >= 15 is 0 Å². The number of hydrogen-bond acceptors (Lipinski definition) is 3. The Hall–Kier alpha value is -0.930. The molecule has 0 aromatic carbocycles. The molecule has 2 N–H and O–H groups in total. The summed E-state index contributed by atoms with van der Waals surface area (Å²) in [5.74, 6) is 0. The molecular formula is C11H18N2O. The maximum absolute atomic E-state index is 9.53. The van der Waals surface area contributed by atoms with Crippen molar-refractivity contribution >= 4 is 0 Å². The summed E-state index contributed by atoms with van der Waals surface area (Å²) in [6.07, 6.45) is 1.78. The van der Waals surface area contributed by atoms with Crippen LogP contribution in [0.15, 0.2) is 24.4 Å².